The van der Waals surface area contributed by atoms with Crippen LogP contribution in [0.1, 0.15) is 11.1 Å². The summed E-state index contributed by atoms with van der Waals surface area (Å²) in [6.45, 7) is 0. The van der Waals surface area contributed by atoms with Gasteiger partial charge in [0.25, 0.3) is 0 Å². The number of halogens is 2. The normalized spacial score (nSPS) is 11.3. The Morgan fingerprint density at radius 3 is 2.33 bits per heavy atom. The van der Waals surface area contributed by atoms with Gasteiger partial charge in [0.15, 0.2) is 0 Å². The molecule has 0 atom stereocenters. The minimum Gasteiger partial charge on any atom is -0.497 e. The minimum absolute atomic E-state index is 0.394. The van der Waals surface area contributed by atoms with Crippen molar-refractivity contribution in [1.29, 1.82) is 0 Å². The average Bonchev–Trinajstić information content (AvgIpc) is 2.45. The Kier molecular flexibility index (Phi) is 4.89. The number of methoxy groups -OCH3 is 1. The van der Waals surface area contributed by atoms with E-state index in [9.17, 15) is 4.79 Å². The van der Waals surface area contributed by atoms with Crippen molar-refractivity contribution in [1.82, 2.24) is 0 Å². The SMILES string of the molecule is COc1ccc(/C(=C\C(=O)O)c2ccc(Cl)cc2Cl)cc1. The van der Waals surface area contributed by atoms with E-state index in [1.807, 2.05) is 0 Å². The second kappa shape index (κ2) is 6.66. The first kappa shape index (κ1) is 15.4. The first-order valence-electron chi connectivity index (χ1n) is 6.05. The van der Waals surface area contributed by atoms with E-state index in [-0.39, 0.29) is 0 Å². The summed E-state index contributed by atoms with van der Waals surface area (Å²) < 4.78 is 5.10. The fraction of sp³-hybridized carbons (Fsp3) is 0.0625. The molecule has 0 radical (unpaired) electrons. The van der Waals surface area contributed by atoms with Gasteiger partial charge in [-0.25, -0.2) is 4.79 Å². The molecule has 0 aliphatic carbocycles. The molecular weight excluding hydrogens is 311 g/mol. The molecule has 108 valence electrons. The molecule has 0 saturated carbocycles. The summed E-state index contributed by atoms with van der Waals surface area (Å²) in [7, 11) is 1.57. The molecule has 0 amide bonds. The summed E-state index contributed by atoms with van der Waals surface area (Å²) in [4.78, 5) is 11.1. The van der Waals surface area contributed by atoms with Gasteiger partial charge in [-0.15, -0.1) is 0 Å². The van der Waals surface area contributed by atoms with E-state index in [1.54, 1.807) is 49.6 Å². The molecule has 21 heavy (non-hydrogen) atoms. The molecule has 0 aliphatic rings. The van der Waals surface area contributed by atoms with Crippen LogP contribution in [-0.4, -0.2) is 18.2 Å². The van der Waals surface area contributed by atoms with E-state index in [0.717, 1.165) is 11.6 Å². The van der Waals surface area contributed by atoms with Gasteiger partial charge in [-0.3, -0.25) is 0 Å². The Balaban J connectivity index is 2.55. The lowest BCUT2D eigenvalue weighted by molar-refractivity contribution is -0.131. The molecule has 0 aliphatic heterocycles. The van der Waals surface area contributed by atoms with Crippen LogP contribution < -0.4 is 4.74 Å². The van der Waals surface area contributed by atoms with Gasteiger partial charge >= 0.3 is 5.97 Å². The maximum Gasteiger partial charge on any atom is 0.328 e. The van der Waals surface area contributed by atoms with Crippen molar-refractivity contribution in [2.75, 3.05) is 7.11 Å². The molecule has 1 N–H and O–H groups in total. The minimum atomic E-state index is -1.05. The first-order valence-corrected chi connectivity index (χ1v) is 6.81. The topological polar surface area (TPSA) is 46.5 Å². The lowest BCUT2D eigenvalue weighted by Gasteiger charge is -2.11. The molecule has 5 heteroatoms. The number of benzene rings is 2. The molecule has 2 aromatic carbocycles. The van der Waals surface area contributed by atoms with Gasteiger partial charge in [-0.1, -0.05) is 41.4 Å². The molecule has 0 aromatic heterocycles. The molecular formula is C16H12Cl2O3. The molecule has 0 heterocycles. The number of rotatable bonds is 4. The van der Waals surface area contributed by atoms with Crippen molar-refractivity contribution < 1.29 is 14.6 Å². The standard InChI is InChI=1S/C16H12Cl2O3/c1-21-12-5-2-10(3-6-12)14(9-16(19)20)13-7-4-11(17)8-15(13)18/h2-9H,1H3,(H,19,20)/b14-9+. The molecule has 2 aromatic rings. The second-order valence-electron chi connectivity index (χ2n) is 4.25. The molecule has 0 bridgehead atoms. The highest BCUT2D eigenvalue weighted by atomic mass is 35.5. The van der Waals surface area contributed by atoms with Crippen LogP contribution in [-0.2, 0) is 4.79 Å². The zero-order chi connectivity index (χ0) is 15.4. The van der Waals surface area contributed by atoms with E-state index < -0.39 is 5.97 Å². The van der Waals surface area contributed by atoms with Crippen LogP contribution >= 0.6 is 23.2 Å². The molecule has 0 spiro atoms. The molecule has 0 fully saturated rings. The van der Waals surface area contributed by atoms with E-state index >= 15 is 0 Å². The van der Waals surface area contributed by atoms with Crippen LogP contribution in [0.5, 0.6) is 5.75 Å². The lowest BCUT2D eigenvalue weighted by atomic mass is 9.97. The van der Waals surface area contributed by atoms with Crippen LogP contribution in [0.2, 0.25) is 10.0 Å². The second-order valence-corrected chi connectivity index (χ2v) is 5.09. The predicted octanol–water partition coefficient (Wildman–Crippen LogP) is 4.52. The Labute approximate surface area is 132 Å². The van der Waals surface area contributed by atoms with Crippen LogP contribution in [0.25, 0.3) is 5.57 Å². The number of ether oxygens (including phenoxy) is 1. The van der Waals surface area contributed by atoms with E-state index in [4.69, 9.17) is 33.0 Å². The van der Waals surface area contributed by atoms with Gasteiger partial charge in [-0.2, -0.15) is 0 Å². The van der Waals surface area contributed by atoms with E-state index in [0.29, 0.717) is 26.9 Å². The van der Waals surface area contributed by atoms with E-state index in [2.05, 4.69) is 0 Å². The van der Waals surface area contributed by atoms with Crippen LogP contribution in [0, 0.1) is 0 Å². The monoisotopic (exact) mass is 322 g/mol. The van der Waals surface area contributed by atoms with Crippen molar-refractivity contribution in [3.8, 4) is 5.75 Å². The number of aliphatic carboxylic acids is 1. The third-order valence-corrected chi connectivity index (χ3v) is 3.44. The summed E-state index contributed by atoms with van der Waals surface area (Å²) >= 11 is 12.0. The quantitative estimate of drug-likeness (QED) is 0.842. The average molecular weight is 323 g/mol. The summed E-state index contributed by atoms with van der Waals surface area (Å²) in [6.07, 6.45) is 1.12. The number of hydrogen-bond donors (Lipinski definition) is 1. The van der Waals surface area contributed by atoms with Gasteiger partial charge in [0.1, 0.15) is 5.75 Å². The highest BCUT2D eigenvalue weighted by Crippen LogP contribution is 2.32. The van der Waals surface area contributed by atoms with Crippen molar-refractivity contribution >= 4 is 34.7 Å². The van der Waals surface area contributed by atoms with Gasteiger partial charge in [0, 0.05) is 21.7 Å². The maximum atomic E-state index is 11.1. The van der Waals surface area contributed by atoms with Gasteiger partial charge in [0.2, 0.25) is 0 Å². The molecule has 0 saturated heterocycles. The van der Waals surface area contributed by atoms with Crippen LogP contribution in [0.4, 0.5) is 0 Å². The number of carbonyl (C=O) groups is 1. The smallest absolute Gasteiger partial charge is 0.328 e. The zero-order valence-electron chi connectivity index (χ0n) is 11.1. The summed E-state index contributed by atoms with van der Waals surface area (Å²) in [5, 5.41) is 9.97. The first-order chi connectivity index (χ1) is 10.0. The van der Waals surface area contributed by atoms with Crippen molar-refractivity contribution in [2.24, 2.45) is 0 Å². The summed E-state index contributed by atoms with van der Waals surface area (Å²) in [6, 6.07) is 12.0. The summed E-state index contributed by atoms with van der Waals surface area (Å²) in [5.74, 6) is -0.359. The zero-order valence-corrected chi connectivity index (χ0v) is 12.7. The summed E-state index contributed by atoms with van der Waals surface area (Å²) in [5.41, 5.74) is 1.84. The Hall–Kier alpha value is -1.97. The number of carboxylic acid groups (broad SMARTS) is 1. The molecule has 0 unspecified atom stereocenters. The van der Waals surface area contributed by atoms with Gasteiger partial charge in [0.05, 0.1) is 7.11 Å². The Morgan fingerprint density at radius 2 is 1.81 bits per heavy atom. The third kappa shape index (κ3) is 3.78. The number of carboxylic acids is 1. The van der Waals surface area contributed by atoms with Gasteiger partial charge < -0.3 is 9.84 Å². The van der Waals surface area contributed by atoms with Crippen LogP contribution in [0.15, 0.2) is 48.5 Å². The fourth-order valence-electron chi connectivity index (χ4n) is 1.92. The largest absolute Gasteiger partial charge is 0.497 e. The lowest BCUT2D eigenvalue weighted by Crippen LogP contribution is -1.96. The van der Waals surface area contributed by atoms with Crippen LogP contribution in [0.3, 0.4) is 0 Å². The van der Waals surface area contributed by atoms with Crippen molar-refractivity contribution in [2.45, 2.75) is 0 Å². The number of hydrogen-bond acceptors (Lipinski definition) is 2. The van der Waals surface area contributed by atoms with Crippen molar-refractivity contribution in [3.63, 3.8) is 0 Å². The maximum absolute atomic E-state index is 11.1. The molecule has 2 rings (SSSR count). The Morgan fingerprint density at radius 1 is 1.14 bits per heavy atom. The van der Waals surface area contributed by atoms with Crippen molar-refractivity contribution in [3.05, 3.63) is 69.7 Å². The van der Waals surface area contributed by atoms with Gasteiger partial charge in [-0.05, 0) is 35.4 Å². The highest BCUT2D eigenvalue weighted by Gasteiger charge is 2.11. The fourth-order valence-corrected chi connectivity index (χ4v) is 2.43. The Bertz CT molecular complexity index is 691. The highest BCUT2D eigenvalue weighted by molar-refractivity contribution is 6.36. The third-order valence-electron chi connectivity index (χ3n) is 2.89. The van der Waals surface area contributed by atoms with E-state index in [1.165, 1.54) is 0 Å². The predicted molar refractivity (Wildman–Crippen MR) is 84.2 cm³/mol. The molecule has 3 nitrogen and oxygen atoms in total.